The lowest BCUT2D eigenvalue weighted by Crippen LogP contribution is -2.61. The van der Waals surface area contributed by atoms with Crippen molar-refractivity contribution < 1.29 is 43.0 Å². The van der Waals surface area contributed by atoms with Gasteiger partial charge in [0.1, 0.15) is 47.8 Å². The number of amides is 6. The second kappa shape index (κ2) is 18.1. The number of carbonyl (C=O) groups is 6. The third-order valence-electron chi connectivity index (χ3n) is 10.4. The number of nitrogens with one attached hydrogen (secondary N) is 3. The third kappa shape index (κ3) is 9.67. The van der Waals surface area contributed by atoms with E-state index in [0.29, 0.717) is 44.2 Å². The molecule has 1 saturated heterocycles. The van der Waals surface area contributed by atoms with Crippen LogP contribution in [0.25, 0.3) is 0 Å². The molecule has 304 valence electrons. The first-order valence-corrected chi connectivity index (χ1v) is 19.3. The monoisotopic (exact) mass is 848 g/mol. The Hall–Kier alpha value is -5.64. The van der Waals surface area contributed by atoms with E-state index in [2.05, 4.69) is 31.9 Å². The average molecular weight is 850 g/mol. The summed E-state index contributed by atoms with van der Waals surface area (Å²) in [4.78, 5) is 88.4. The number of benzene rings is 3. The van der Waals surface area contributed by atoms with Gasteiger partial charge in [-0.2, -0.15) is 0 Å². The summed E-state index contributed by atoms with van der Waals surface area (Å²) >= 11 is 3.54. The van der Waals surface area contributed by atoms with Gasteiger partial charge in [-0.25, -0.2) is 0 Å². The number of carbonyl (C=O) groups excluding carboxylic acids is 6. The maximum atomic E-state index is 14.7. The fraction of sp³-hybridized carbons (Fsp3) is 0.415. The first kappa shape index (κ1) is 42.5. The predicted molar refractivity (Wildman–Crippen MR) is 214 cm³/mol. The fourth-order valence-electron chi connectivity index (χ4n) is 6.92. The molecule has 0 aliphatic carbocycles. The molecule has 3 heterocycles. The molecular weight excluding hydrogens is 800 g/mol. The number of hydrogen-bond acceptors (Lipinski definition) is 9. The van der Waals surface area contributed by atoms with Gasteiger partial charge >= 0.3 is 0 Å². The first-order chi connectivity index (χ1) is 27.0. The van der Waals surface area contributed by atoms with Gasteiger partial charge in [0, 0.05) is 40.4 Å². The lowest BCUT2D eigenvalue weighted by molar-refractivity contribution is -0.149. The van der Waals surface area contributed by atoms with Crippen molar-refractivity contribution >= 4 is 51.4 Å². The van der Waals surface area contributed by atoms with Crippen molar-refractivity contribution in [1.29, 1.82) is 0 Å². The second-order valence-corrected chi connectivity index (χ2v) is 15.3. The molecule has 0 radical (unpaired) electrons. The third-order valence-corrected chi connectivity index (χ3v) is 11.0. The molecule has 3 aromatic rings. The molecule has 3 aliphatic heterocycles. The van der Waals surface area contributed by atoms with E-state index >= 15 is 0 Å². The van der Waals surface area contributed by atoms with Gasteiger partial charge < -0.3 is 44.9 Å². The van der Waals surface area contributed by atoms with E-state index < -0.39 is 71.7 Å². The first-order valence-electron chi connectivity index (χ1n) is 18.5. The highest BCUT2D eigenvalue weighted by Crippen LogP contribution is 2.40. The molecule has 3 aliphatic rings. The summed E-state index contributed by atoms with van der Waals surface area (Å²) in [5, 5.41) is 8.15. The minimum Gasteiger partial charge on any atom is -0.497 e. The largest absolute Gasteiger partial charge is 0.497 e. The SMILES string of the molecule is COc1ccc(C[C@H]2C(=O)N[C@@H](C)C(=O)N(C)[C@H]3Cc4ccc(cc4)Oc4cc(cc(Br)c4OC)C[C@@H](C(=O)N[C@@H](C)C(=O)N[C@@H](C)C(=O)N2C)N(C)C3=O)cc1. The van der Waals surface area contributed by atoms with Crippen LogP contribution >= 0.6 is 15.9 Å². The van der Waals surface area contributed by atoms with Crippen molar-refractivity contribution in [2.24, 2.45) is 0 Å². The molecule has 16 heteroatoms. The summed E-state index contributed by atoms with van der Waals surface area (Å²) in [6.45, 7) is 4.45. The van der Waals surface area contributed by atoms with Crippen molar-refractivity contribution in [3.8, 4) is 23.0 Å². The van der Waals surface area contributed by atoms with Crippen LogP contribution in [-0.4, -0.2) is 122 Å². The second-order valence-electron chi connectivity index (χ2n) is 14.4. The standard InChI is InChI=1S/C41H49BrN6O9/c1-22-36(49)44-23(2)39(52)46(4)31(18-25-9-13-28(55-7)14-10-25)38(51)45-24(3)40(53)48(6)33-19-26-11-15-29(16-12-26)57-34-21-27(17-30(42)35(34)56-8)20-32(37(50)43-22)47(5)41(33)54/h9-17,21-24,31-33H,18-20H2,1-8H3,(H,43,50)(H,44,49)(H,45,51)/t22-,23-,24-,31-,32-,33-/m0/s1. The van der Waals surface area contributed by atoms with Crippen molar-refractivity contribution in [2.75, 3.05) is 35.4 Å². The summed E-state index contributed by atoms with van der Waals surface area (Å²) in [5.74, 6) is -1.76. The highest BCUT2D eigenvalue weighted by atomic mass is 79.9. The van der Waals surface area contributed by atoms with E-state index in [-0.39, 0.29) is 19.3 Å². The summed E-state index contributed by atoms with van der Waals surface area (Å²) in [6, 6.07) is 10.7. The van der Waals surface area contributed by atoms with Crippen LogP contribution in [0.2, 0.25) is 0 Å². The molecule has 0 aromatic heterocycles. The zero-order valence-electron chi connectivity index (χ0n) is 33.3. The van der Waals surface area contributed by atoms with Crippen LogP contribution in [0.5, 0.6) is 23.0 Å². The molecule has 0 unspecified atom stereocenters. The van der Waals surface area contributed by atoms with Crippen LogP contribution in [0.3, 0.4) is 0 Å². The van der Waals surface area contributed by atoms with Crippen LogP contribution in [0.1, 0.15) is 37.5 Å². The van der Waals surface area contributed by atoms with Crippen molar-refractivity contribution in [2.45, 2.75) is 76.3 Å². The van der Waals surface area contributed by atoms with E-state index in [1.165, 1.54) is 70.8 Å². The topological polar surface area (TPSA) is 176 Å². The summed E-state index contributed by atoms with van der Waals surface area (Å²) in [7, 11) is 7.43. The number of nitrogens with zero attached hydrogens (tertiary/aromatic N) is 3. The van der Waals surface area contributed by atoms with Gasteiger partial charge in [-0.05, 0) is 89.8 Å². The van der Waals surface area contributed by atoms with Gasteiger partial charge in [-0.3, -0.25) is 28.8 Å². The average Bonchev–Trinajstić information content (AvgIpc) is 3.19. The lowest BCUT2D eigenvalue weighted by atomic mass is 9.98. The number of fused-ring (bicyclic) bond motifs is 2. The molecule has 0 spiro atoms. The maximum absolute atomic E-state index is 14.7. The molecule has 6 atom stereocenters. The smallest absolute Gasteiger partial charge is 0.246 e. The Morgan fingerprint density at radius 1 is 0.649 bits per heavy atom. The Morgan fingerprint density at radius 2 is 1.21 bits per heavy atom. The van der Waals surface area contributed by atoms with E-state index in [0.717, 1.165) is 0 Å². The Kier molecular flexibility index (Phi) is 13.5. The molecule has 0 saturated carbocycles. The van der Waals surface area contributed by atoms with Crippen molar-refractivity contribution in [3.63, 3.8) is 0 Å². The Bertz CT molecular complexity index is 2010. The van der Waals surface area contributed by atoms with Crippen LogP contribution in [0.4, 0.5) is 0 Å². The highest BCUT2D eigenvalue weighted by molar-refractivity contribution is 9.10. The van der Waals surface area contributed by atoms with Crippen LogP contribution in [0, 0.1) is 0 Å². The van der Waals surface area contributed by atoms with Gasteiger partial charge in [0.05, 0.1) is 18.7 Å². The van der Waals surface area contributed by atoms with Crippen LogP contribution < -0.4 is 30.2 Å². The molecule has 6 rings (SSSR count). The van der Waals surface area contributed by atoms with Gasteiger partial charge in [0.2, 0.25) is 35.4 Å². The summed E-state index contributed by atoms with van der Waals surface area (Å²) in [6.07, 6.45) is 0.0984. The van der Waals surface area contributed by atoms with E-state index in [1.54, 1.807) is 60.7 Å². The normalized spacial score (nSPS) is 24.1. The van der Waals surface area contributed by atoms with E-state index in [1.807, 2.05) is 0 Å². The minimum atomic E-state index is -1.18. The van der Waals surface area contributed by atoms with Gasteiger partial charge in [-0.1, -0.05) is 24.3 Å². The zero-order chi connectivity index (χ0) is 41.7. The highest BCUT2D eigenvalue weighted by Gasteiger charge is 2.39. The molecule has 6 bridgehead atoms. The predicted octanol–water partition coefficient (Wildman–Crippen LogP) is 2.61. The van der Waals surface area contributed by atoms with Gasteiger partial charge in [0.15, 0.2) is 11.5 Å². The molecule has 3 aromatic carbocycles. The molecule has 3 N–H and O–H groups in total. The quantitative estimate of drug-likeness (QED) is 0.357. The molecule has 6 amide bonds. The number of hydrogen-bond donors (Lipinski definition) is 3. The van der Waals surface area contributed by atoms with Crippen molar-refractivity contribution in [3.05, 3.63) is 81.8 Å². The fourth-order valence-corrected chi connectivity index (χ4v) is 7.57. The Morgan fingerprint density at radius 3 is 1.82 bits per heavy atom. The Balaban J connectivity index is 1.59. The van der Waals surface area contributed by atoms with Crippen LogP contribution in [-0.2, 0) is 48.0 Å². The van der Waals surface area contributed by atoms with Gasteiger partial charge in [-0.15, -0.1) is 0 Å². The van der Waals surface area contributed by atoms with Crippen LogP contribution in [0.15, 0.2) is 65.1 Å². The van der Waals surface area contributed by atoms with Crippen molar-refractivity contribution in [1.82, 2.24) is 30.7 Å². The minimum absolute atomic E-state index is 0.0228. The Labute approximate surface area is 340 Å². The van der Waals surface area contributed by atoms with Gasteiger partial charge in [0.25, 0.3) is 0 Å². The lowest BCUT2D eigenvalue weighted by Gasteiger charge is -2.36. The molecule has 15 nitrogen and oxygen atoms in total. The number of ether oxygens (including phenoxy) is 3. The molecular formula is C41H49BrN6O9. The molecule has 57 heavy (non-hydrogen) atoms. The molecule has 1 fully saturated rings. The van der Waals surface area contributed by atoms with E-state index in [4.69, 9.17) is 14.2 Å². The number of halogens is 1. The number of methoxy groups -OCH3 is 2. The summed E-state index contributed by atoms with van der Waals surface area (Å²) < 4.78 is 17.6. The number of rotatable bonds is 4. The van der Waals surface area contributed by atoms with E-state index in [9.17, 15) is 28.8 Å². The maximum Gasteiger partial charge on any atom is 0.246 e. The summed E-state index contributed by atoms with van der Waals surface area (Å²) in [5.41, 5.74) is 1.99. The number of likely N-dealkylation sites (N-methyl/N-ethyl adjacent to an activating group) is 3. The zero-order valence-corrected chi connectivity index (χ0v) is 34.8.